The number of amides is 1. The molecule has 204 valence electrons. The second-order valence-corrected chi connectivity index (χ2v) is 9.90. The monoisotopic (exact) mass is 557 g/mol. The molecule has 7 nitrogen and oxygen atoms in total. The van der Waals surface area contributed by atoms with Crippen LogP contribution in [0.4, 0.5) is 4.39 Å². The number of para-hydroxylation sites is 1. The first-order chi connectivity index (χ1) is 19.5. The third kappa shape index (κ3) is 5.65. The number of hydrogen-bond donors (Lipinski definition) is 1. The van der Waals surface area contributed by atoms with Gasteiger partial charge in [0.1, 0.15) is 11.6 Å². The summed E-state index contributed by atoms with van der Waals surface area (Å²) in [4.78, 5) is 33.5. The molecule has 40 heavy (non-hydrogen) atoms. The maximum Gasteiger partial charge on any atom is 0.338 e. The summed E-state index contributed by atoms with van der Waals surface area (Å²) in [5.41, 5.74) is 3.88. The minimum atomic E-state index is -0.649. The van der Waals surface area contributed by atoms with E-state index in [-0.39, 0.29) is 31.3 Å². The standard InChI is InChI=1S/C31H28FN3O4S/c1-3-39-30(37)27-28(21-9-5-4-6-10-21)34-31-35(29(27)24-11-7-8-12-25(24)38-2)23(19-40-31)17-26(36)33-18-20-13-15-22(32)16-14-20/h4-16,19,29H,3,17-18H2,1-2H3,(H,33,36)/t29-/m0/s1. The summed E-state index contributed by atoms with van der Waals surface area (Å²) in [6, 6.07) is 22.3. The fraction of sp³-hybridized carbons (Fsp3) is 0.194. The highest BCUT2D eigenvalue weighted by atomic mass is 32.2. The van der Waals surface area contributed by atoms with Crippen LogP contribution >= 0.6 is 11.8 Å². The molecule has 0 bridgehead atoms. The molecule has 1 N–H and O–H groups in total. The van der Waals surface area contributed by atoms with Gasteiger partial charge in [0.05, 0.1) is 37.4 Å². The minimum absolute atomic E-state index is 0.0512. The minimum Gasteiger partial charge on any atom is -0.496 e. The topological polar surface area (TPSA) is 80.2 Å². The summed E-state index contributed by atoms with van der Waals surface area (Å²) < 4.78 is 24.5. The lowest BCUT2D eigenvalue weighted by Gasteiger charge is -2.37. The molecule has 0 fully saturated rings. The first kappa shape index (κ1) is 27.2. The van der Waals surface area contributed by atoms with Gasteiger partial charge in [-0.3, -0.25) is 4.79 Å². The molecular weight excluding hydrogens is 529 g/mol. The van der Waals surface area contributed by atoms with E-state index >= 15 is 0 Å². The number of aliphatic imine (C=N–C) groups is 1. The van der Waals surface area contributed by atoms with Crippen LogP contribution in [0.3, 0.4) is 0 Å². The zero-order valence-electron chi connectivity index (χ0n) is 22.1. The van der Waals surface area contributed by atoms with Gasteiger partial charge in [-0.25, -0.2) is 14.2 Å². The van der Waals surface area contributed by atoms with Crippen molar-refractivity contribution in [2.24, 2.45) is 4.99 Å². The number of nitrogens with one attached hydrogen (secondary N) is 1. The van der Waals surface area contributed by atoms with Crippen molar-refractivity contribution in [3.63, 3.8) is 0 Å². The first-order valence-electron chi connectivity index (χ1n) is 12.8. The Balaban J connectivity index is 1.53. The molecule has 0 saturated heterocycles. The Labute approximate surface area is 236 Å². The summed E-state index contributed by atoms with van der Waals surface area (Å²) in [6.45, 7) is 2.23. The van der Waals surface area contributed by atoms with Crippen molar-refractivity contribution in [1.29, 1.82) is 0 Å². The van der Waals surface area contributed by atoms with E-state index in [0.717, 1.165) is 16.7 Å². The van der Waals surface area contributed by atoms with Crippen LogP contribution in [-0.4, -0.2) is 35.7 Å². The van der Waals surface area contributed by atoms with Crippen LogP contribution in [0.15, 0.2) is 101 Å². The molecule has 0 unspecified atom stereocenters. The molecular formula is C31H28FN3O4S. The molecule has 0 aromatic heterocycles. The molecule has 9 heteroatoms. The van der Waals surface area contributed by atoms with Crippen LogP contribution in [0, 0.1) is 5.82 Å². The largest absolute Gasteiger partial charge is 0.496 e. The zero-order chi connectivity index (χ0) is 28.1. The van der Waals surface area contributed by atoms with Crippen LogP contribution in [0.2, 0.25) is 0 Å². The lowest BCUT2D eigenvalue weighted by Crippen LogP contribution is -2.38. The molecule has 0 saturated carbocycles. The van der Waals surface area contributed by atoms with Crippen molar-refractivity contribution >= 4 is 34.5 Å². The van der Waals surface area contributed by atoms with Gasteiger partial charge in [0.2, 0.25) is 5.91 Å². The quantitative estimate of drug-likeness (QED) is 0.334. The van der Waals surface area contributed by atoms with Crippen molar-refractivity contribution in [2.45, 2.75) is 25.9 Å². The maximum atomic E-state index is 13.6. The van der Waals surface area contributed by atoms with Gasteiger partial charge >= 0.3 is 5.97 Å². The summed E-state index contributed by atoms with van der Waals surface area (Å²) >= 11 is 1.39. The molecule has 0 spiro atoms. The number of halogens is 1. The molecule has 1 atom stereocenters. The number of hydrogen-bond acceptors (Lipinski definition) is 7. The number of rotatable bonds is 9. The van der Waals surface area contributed by atoms with Crippen LogP contribution in [-0.2, 0) is 20.9 Å². The SMILES string of the molecule is CCOC(=O)C1=C(c2ccccc2)N=C2SC=C(CC(=O)NCc3ccc(F)cc3)N2[C@H]1c1ccccc1OC. The number of carbonyl (C=O) groups is 2. The number of esters is 1. The Hall–Kier alpha value is -4.37. The third-order valence-corrected chi connectivity index (χ3v) is 7.42. The third-order valence-electron chi connectivity index (χ3n) is 6.53. The number of benzene rings is 3. The zero-order valence-corrected chi connectivity index (χ0v) is 22.9. The fourth-order valence-electron chi connectivity index (χ4n) is 4.70. The summed E-state index contributed by atoms with van der Waals surface area (Å²) in [5, 5.41) is 5.43. The van der Waals surface area contributed by atoms with Crippen molar-refractivity contribution in [2.75, 3.05) is 13.7 Å². The van der Waals surface area contributed by atoms with Crippen LogP contribution in [0.1, 0.15) is 36.1 Å². The molecule has 3 aromatic carbocycles. The van der Waals surface area contributed by atoms with E-state index in [1.54, 1.807) is 26.2 Å². The van der Waals surface area contributed by atoms with Crippen molar-refractivity contribution < 1.29 is 23.5 Å². The number of ether oxygens (including phenoxy) is 2. The Bertz CT molecular complexity index is 1500. The number of fused-ring (bicyclic) bond motifs is 1. The van der Waals surface area contributed by atoms with Gasteiger partial charge in [0.25, 0.3) is 0 Å². The average molecular weight is 558 g/mol. The predicted octanol–water partition coefficient (Wildman–Crippen LogP) is 5.82. The second-order valence-electron chi connectivity index (χ2n) is 9.06. The average Bonchev–Trinajstić information content (AvgIpc) is 3.38. The highest BCUT2D eigenvalue weighted by molar-refractivity contribution is 8.16. The van der Waals surface area contributed by atoms with Gasteiger partial charge < -0.3 is 19.7 Å². The second kappa shape index (κ2) is 12.2. The lowest BCUT2D eigenvalue weighted by atomic mass is 9.91. The molecule has 5 rings (SSSR count). The van der Waals surface area contributed by atoms with E-state index < -0.39 is 12.0 Å². The molecule has 2 heterocycles. The number of carbonyl (C=O) groups excluding carboxylic acids is 2. The Morgan fingerprint density at radius 3 is 2.48 bits per heavy atom. The Morgan fingerprint density at radius 1 is 1.02 bits per heavy atom. The van der Waals surface area contributed by atoms with E-state index in [0.29, 0.717) is 27.9 Å². The van der Waals surface area contributed by atoms with E-state index in [4.69, 9.17) is 14.5 Å². The Kier molecular flexibility index (Phi) is 8.31. The number of amidine groups is 1. The molecule has 0 aliphatic carbocycles. The molecule has 0 radical (unpaired) electrons. The van der Waals surface area contributed by atoms with Crippen molar-refractivity contribution in [3.8, 4) is 5.75 Å². The van der Waals surface area contributed by atoms with Gasteiger partial charge in [0, 0.05) is 23.4 Å². The lowest BCUT2D eigenvalue weighted by molar-refractivity contribution is -0.139. The van der Waals surface area contributed by atoms with Crippen LogP contribution in [0.5, 0.6) is 5.75 Å². The van der Waals surface area contributed by atoms with E-state index in [1.807, 2.05) is 64.9 Å². The summed E-state index contributed by atoms with van der Waals surface area (Å²) in [7, 11) is 1.58. The number of methoxy groups -OCH3 is 1. The predicted molar refractivity (Wildman–Crippen MR) is 154 cm³/mol. The van der Waals surface area contributed by atoms with Gasteiger partial charge in [-0.2, -0.15) is 0 Å². The van der Waals surface area contributed by atoms with Gasteiger partial charge in [0.15, 0.2) is 5.17 Å². The smallest absolute Gasteiger partial charge is 0.338 e. The van der Waals surface area contributed by atoms with Gasteiger partial charge in [-0.1, -0.05) is 72.4 Å². The van der Waals surface area contributed by atoms with Gasteiger partial charge in [-0.15, -0.1) is 0 Å². The molecule has 2 aliphatic heterocycles. The van der Waals surface area contributed by atoms with Crippen molar-refractivity contribution in [1.82, 2.24) is 10.2 Å². The van der Waals surface area contributed by atoms with Crippen LogP contribution in [0.25, 0.3) is 5.70 Å². The maximum absolute atomic E-state index is 13.6. The molecule has 2 aliphatic rings. The first-order valence-corrected chi connectivity index (χ1v) is 13.7. The highest BCUT2D eigenvalue weighted by Crippen LogP contribution is 2.48. The summed E-state index contributed by atoms with van der Waals surface area (Å²) in [5.74, 6) is -0.438. The number of nitrogens with zero attached hydrogens (tertiary/aromatic N) is 2. The normalized spacial score (nSPS) is 16.2. The Morgan fingerprint density at radius 2 is 1.75 bits per heavy atom. The van der Waals surface area contributed by atoms with E-state index in [2.05, 4.69) is 5.32 Å². The van der Waals surface area contributed by atoms with E-state index in [1.165, 1.54) is 23.9 Å². The van der Waals surface area contributed by atoms with Crippen LogP contribution < -0.4 is 10.1 Å². The van der Waals surface area contributed by atoms with E-state index in [9.17, 15) is 14.0 Å². The molecule has 3 aromatic rings. The molecule has 1 amide bonds. The van der Waals surface area contributed by atoms with Gasteiger partial charge in [-0.05, 0) is 36.1 Å². The summed E-state index contributed by atoms with van der Waals surface area (Å²) in [6.07, 6.45) is 0.0512. The van der Waals surface area contributed by atoms with Crippen molar-refractivity contribution in [3.05, 3.63) is 118 Å². The highest BCUT2D eigenvalue weighted by Gasteiger charge is 2.43. The fourth-order valence-corrected chi connectivity index (χ4v) is 5.62. The number of thioether (sulfide) groups is 1.